The van der Waals surface area contributed by atoms with Gasteiger partial charge in [0.2, 0.25) is 0 Å². The van der Waals surface area contributed by atoms with E-state index in [4.69, 9.17) is 0 Å². The number of halogens is 5. The van der Waals surface area contributed by atoms with Crippen LogP contribution < -0.4 is 0 Å². The third kappa shape index (κ3) is 2.40. The van der Waals surface area contributed by atoms with Gasteiger partial charge in [0.1, 0.15) is 0 Å². The average molecular weight is 310 g/mol. The lowest BCUT2D eigenvalue weighted by molar-refractivity contribution is -0.289. The lowest BCUT2D eigenvalue weighted by Crippen LogP contribution is -2.33. The quantitative estimate of drug-likeness (QED) is 0.648. The molecule has 0 N–H and O–H groups in total. The zero-order valence-electron chi connectivity index (χ0n) is 11.3. The van der Waals surface area contributed by atoms with Gasteiger partial charge in [-0.2, -0.15) is 22.0 Å². The lowest BCUT2D eigenvalue weighted by Gasteiger charge is -2.20. The maximum absolute atomic E-state index is 13.2. The van der Waals surface area contributed by atoms with E-state index in [9.17, 15) is 22.0 Å². The predicted octanol–water partition coefficient (Wildman–Crippen LogP) is 5.44. The maximum Gasteiger partial charge on any atom is 0.458 e. The number of allylic oxidation sites excluding steroid dienone is 1. The van der Waals surface area contributed by atoms with Crippen molar-refractivity contribution in [2.75, 3.05) is 0 Å². The monoisotopic (exact) mass is 310 g/mol. The molecule has 0 aliphatic heterocycles. The smallest absolute Gasteiger partial charge is 0.191 e. The van der Waals surface area contributed by atoms with Crippen LogP contribution in [0.4, 0.5) is 22.0 Å². The van der Waals surface area contributed by atoms with Gasteiger partial charge in [-0.05, 0) is 28.7 Å². The molecule has 3 rings (SSSR count). The van der Waals surface area contributed by atoms with E-state index in [2.05, 4.69) is 0 Å². The number of benzene rings is 2. The minimum atomic E-state index is -5.59. The van der Waals surface area contributed by atoms with Crippen molar-refractivity contribution in [1.29, 1.82) is 0 Å². The first kappa shape index (κ1) is 14.8. The van der Waals surface area contributed by atoms with Gasteiger partial charge < -0.3 is 0 Å². The molecular formula is C17H11F5. The lowest BCUT2D eigenvalue weighted by atomic mass is 10.00. The topological polar surface area (TPSA) is 0 Å². The van der Waals surface area contributed by atoms with E-state index in [0.29, 0.717) is 12.0 Å². The van der Waals surface area contributed by atoms with Crippen LogP contribution in [0, 0.1) is 0 Å². The Labute approximate surface area is 123 Å². The Morgan fingerprint density at radius 1 is 0.773 bits per heavy atom. The minimum Gasteiger partial charge on any atom is -0.191 e. The molecule has 0 bridgehead atoms. The standard InChI is InChI=1S/C17H11F5/c18-16(19,17(20,21)22)15-7-5-11(6-8-15)14-9-12-3-1-2-4-13(12)10-14/h1-9H,10H2. The van der Waals surface area contributed by atoms with Gasteiger partial charge in [-0.3, -0.25) is 0 Å². The van der Waals surface area contributed by atoms with Crippen LogP contribution in [0.15, 0.2) is 48.5 Å². The molecule has 0 nitrogen and oxygen atoms in total. The van der Waals surface area contributed by atoms with Crippen molar-refractivity contribution in [3.05, 3.63) is 70.8 Å². The van der Waals surface area contributed by atoms with Crippen molar-refractivity contribution in [3.63, 3.8) is 0 Å². The molecule has 2 aromatic rings. The molecule has 5 heteroatoms. The fraction of sp³-hybridized carbons (Fsp3) is 0.176. The molecular weight excluding hydrogens is 299 g/mol. The number of fused-ring (bicyclic) bond motifs is 1. The molecule has 0 atom stereocenters. The summed E-state index contributed by atoms with van der Waals surface area (Å²) < 4.78 is 63.5. The van der Waals surface area contributed by atoms with Gasteiger partial charge >= 0.3 is 12.1 Å². The third-order valence-corrected chi connectivity index (χ3v) is 3.74. The van der Waals surface area contributed by atoms with Crippen LogP contribution in [0.5, 0.6) is 0 Å². The number of rotatable bonds is 2. The van der Waals surface area contributed by atoms with Gasteiger partial charge in [-0.25, -0.2) is 0 Å². The summed E-state index contributed by atoms with van der Waals surface area (Å²) in [6.45, 7) is 0. The zero-order valence-corrected chi connectivity index (χ0v) is 11.3. The number of hydrogen-bond donors (Lipinski definition) is 0. The van der Waals surface area contributed by atoms with Crippen LogP contribution in [0.25, 0.3) is 11.6 Å². The Morgan fingerprint density at radius 3 is 2.00 bits per heavy atom. The highest BCUT2D eigenvalue weighted by Gasteiger charge is 2.58. The largest absolute Gasteiger partial charge is 0.458 e. The maximum atomic E-state index is 13.2. The van der Waals surface area contributed by atoms with E-state index in [1.54, 1.807) is 0 Å². The summed E-state index contributed by atoms with van der Waals surface area (Å²) in [4.78, 5) is 0. The highest BCUT2D eigenvalue weighted by Crippen LogP contribution is 2.44. The second-order valence-corrected chi connectivity index (χ2v) is 5.19. The van der Waals surface area contributed by atoms with Crippen LogP contribution in [0.1, 0.15) is 22.3 Å². The average Bonchev–Trinajstić information content (AvgIpc) is 2.90. The van der Waals surface area contributed by atoms with Crippen LogP contribution in [-0.2, 0) is 12.3 Å². The SMILES string of the molecule is FC(F)(F)C(F)(F)c1ccc(C2=Cc3ccccc3C2)cc1. The highest BCUT2D eigenvalue weighted by atomic mass is 19.4. The molecule has 114 valence electrons. The van der Waals surface area contributed by atoms with E-state index in [-0.39, 0.29) is 0 Å². The van der Waals surface area contributed by atoms with Crippen LogP contribution in [-0.4, -0.2) is 6.18 Å². The van der Waals surface area contributed by atoms with E-state index in [0.717, 1.165) is 28.8 Å². The fourth-order valence-electron chi connectivity index (χ4n) is 2.52. The molecule has 0 spiro atoms. The summed E-state index contributed by atoms with van der Waals surface area (Å²) in [6.07, 6.45) is -3.02. The summed E-state index contributed by atoms with van der Waals surface area (Å²) in [5.74, 6) is -4.83. The molecule has 22 heavy (non-hydrogen) atoms. The third-order valence-electron chi connectivity index (χ3n) is 3.74. The summed E-state index contributed by atoms with van der Waals surface area (Å²) in [6, 6.07) is 12.0. The first-order chi connectivity index (χ1) is 10.3. The van der Waals surface area contributed by atoms with E-state index < -0.39 is 17.7 Å². The number of hydrogen-bond acceptors (Lipinski definition) is 0. The Kier molecular flexibility index (Phi) is 3.31. The Hall–Kier alpha value is -2.17. The first-order valence-corrected chi connectivity index (χ1v) is 6.63. The van der Waals surface area contributed by atoms with Crippen LogP contribution in [0.3, 0.4) is 0 Å². The second-order valence-electron chi connectivity index (χ2n) is 5.19. The molecule has 1 aliphatic carbocycles. The molecule has 1 aliphatic rings. The Balaban J connectivity index is 1.88. The summed E-state index contributed by atoms with van der Waals surface area (Å²) in [5.41, 5.74) is 2.67. The molecule has 0 saturated carbocycles. The highest BCUT2D eigenvalue weighted by molar-refractivity contribution is 5.88. The van der Waals surface area contributed by atoms with Crippen molar-refractivity contribution in [2.45, 2.75) is 18.5 Å². The molecule has 0 fully saturated rings. The summed E-state index contributed by atoms with van der Waals surface area (Å²) >= 11 is 0. The van der Waals surface area contributed by atoms with Crippen molar-refractivity contribution in [1.82, 2.24) is 0 Å². The van der Waals surface area contributed by atoms with Crippen LogP contribution >= 0.6 is 0 Å². The molecule has 0 aromatic heterocycles. The predicted molar refractivity (Wildman–Crippen MR) is 74.4 cm³/mol. The molecule has 0 heterocycles. The van der Waals surface area contributed by atoms with Crippen molar-refractivity contribution >= 4 is 11.6 Å². The number of alkyl halides is 5. The zero-order chi connectivity index (χ0) is 16.0. The van der Waals surface area contributed by atoms with Gasteiger partial charge in [-0.15, -0.1) is 0 Å². The Bertz CT molecular complexity index is 723. The second kappa shape index (κ2) is 4.93. The summed E-state index contributed by atoms with van der Waals surface area (Å²) in [7, 11) is 0. The van der Waals surface area contributed by atoms with Crippen LogP contribution in [0.2, 0.25) is 0 Å². The summed E-state index contributed by atoms with van der Waals surface area (Å²) in [5, 5.41) is 0. The molecule has 0 amide bonds. The van der Waals surface area contributed by atoms with Gasteiger partial charge in [0.05, 0.1) is 0 Å². The van der Waals surface area contributed by atoms with Crippen molar-refractivity contribution < 1.29 is 22.0 Å². The van der Waals surface area contributed by atoms with E-state index in [1.165, 1.54) is 12.1 Å². The fourth-order valence-corrected chi connectivity index (χ4v) is 2.52. The van der Waals surface area contributed by atoms with Crippen molar-refractivity contribution in [3.8, 4) is 0 Å². The Morgan fingerprint density at radius 2 is 1.41 bits per heavy atom. The van der Waals surface area contributed by atoms with Gasteiger partial charge in [0, 0.05) is 5.56 Å². The van der Waals surface area contributed by atoms with E-state index in [1.807, 2.05) is 30.3 Å². The molecule has 2 aromatic carbocycles. The normalized spacial score (nSPS) is 14.7. The van der Waals surface area contributed by atoms with Gasteiger partial charge in [0.25, 0.3) is 0 Å². The van der Waals surface area contributed by atoms with Gasteiger partial charge in [0.15, 0.2) is 0 Å². The van der Waals surface area contributed by atoms with Crippen molar-refractivity contribution in [2.24, 2.45) is 0 Å². The molecule has 0 radical (unpaired) electrons. The van der Waals surface area contributed by atoms with Gasteiger partial charge in [-0.1, -0.05) is 54.6 Å². The first-order valence-electron chi connectivity index (χ1n) is 6.63. The minimum absolute atomic E-state index is 0.644. The molecule has 0 unspecified atom stereocenters. The molecule has 0 saturated heterocycles. The van der Waals surface area contributed by atoms with E-state index >= 15 is 0 Å².